The molecule has 0 unspecified atom stereocenters. The summed E-state index contributed by atoms with van der Waals surface area (Å²) < 4.78 is 5.83. The summed E-state index contributed by atoms with van der Waals surface area (Å²) in [6, 6.07) is 12.7. The first-order valence-electron chi connectivity index (χ1n) is 6.67. The second-order valence-corrected chi connectivity index (χ2v) is 4.88. The Morgan fingerprint density at radius 3 is 2.81 bits per heavy atom. The summed E-state index contributed by atoms with van der Waals surface area (Å²) >= 11 is 0. The number of nitrogens with two attached hydrogens (primary N) is 1. The van der Waals surface area contributed by atoms with Gasteiger partial charge in [0.25, 0.3) is 0 Å². The average Bonchev–Trinajstić information content (AvgIpc) is 2.48. The number of amides is 1. The number of carbonyl (C=O) groups excluding carboxylic acids is 1. The lowest BCUT2D eigenvalue weighted by Gasteiger charge is -2.18. The zero-order valence-corrected chi connectivity index (χ0v) is 11.3. The third kappa shape index (κ3) is 2.72. The summed E-state index contributed by atoms with van der Waals surface area (Å²) in [6.45, 7) is 0. The van der Waals surface area contributed by atoms with E-state index >= 15 is 0 Å². The molecule has 0 bridgehead atoms. The maximum absolute atomic E-state index is 11.3. The van der Waals surface area contributed by atoms with E-state index in [4.69, 9.17) is 15.9 Å². The van der Waals surface area contributed by atoms with Crippen LogP contribution in [0, 0.1) is 5.41 Å². The second-order valence-electron chi connectivity index (χ2n) is 4.88. The zero-order valence-electron chi connectivity index (χ0n) is 11.3. The predicted molar refractivity (Wildman–Crippen MR) is 80.9 cm³/mol. The lowest BCUT2D eigenvalue weighted by atomic mass is 10.0. The van der Waals surface area contributed by atoms with Crippen molar-refractivity contribution in [1.29, 1.82) is 5.41 Å². The van der Waals surface area contributed by atoms with Crippen molar-refractivity contribution < 1.29 is 9.53 Å². The molecular formula is C16H15N3O2. The van der Waals surface area contributed by atoms with Crippen molar-refractivity contribution in [3.63, 3.8) is 0 Å². The summed E-state index contributed by atoms with van der Waals surface area (Å²) in [4.78, 5) is 11.3. The minimum atomic E-state index is -0.0316. The number of benzene rings is 2. The number of nitrogen functional groups attached to an aromatic ring is 1. The SMILES string of the molecule is N=C(N)c1ccccc1Oc1ccc2c(c1)CCC(=O)N2. The van der Waals surface area contributed by atoms with Crippen molar-refractivity contribution in [2.75, 3.05) is 5.32 Å². The van der Waals surface area contributed by atoms with Gasteiger partial charge in [0.2, 0.25) is 5.91 Å². The van der Waals surface area contributed by atoms with Crippen LogP contribution in [0.25, 0.3) is 0 Å². The smallest absolute Gasteiger partial charge is 0.224 e. The van der Waals surface area contributed by atoms with E-state index in [2.05, 4.69) is 5.32 Å². The summed E-state index contributed by atoms with van der Waals surface area (Å²) in [5.41, 5.74) is 7.99. The van der Waals surface area contributed by atoms with Gasteiger partial charge in [0.15, 0.2) is 0 Å². The van der Waals surface area contributed by atoms with Gasteiger partial charge in [-0.25, -0.2) is 0 Å². The Bertz CT molecular complexity index is 725. The molecule has 5 nitrogen and oxygen atoms in total. The third-order valence-corrected chi connectivity index (χ3v) is 3.38. The number of aryl methyl sites for hydroxylation is 1. The largest absolute Gasteiger partial charge is 0.457 e. The van der Waals surface area contributed by atoms with E-state index in [-0.39, 0.29) is 11.7 Å². The Labute approximate surface area is 122 Å². The number of fused-ring (bicyclic) bond motifs is 1. The molecule has 4 N–H and O–H groups in total. The van der Waals surface area contributed by atoms with Crippen LogP contribution < -0.4 is 15.8 Å². The maximum Gasteiger partial charge on any atom is 0.224 e. The summed E-state index contributed by atoms with van der Waals surface area (Å²) in [5.74, 6) is 1.22. The van der Waals surface area contributed by atoms with Crippen molar-refractivity contribution in [2.24, 2.45) is 5.73 Å². The first-order valence-corrected chi connectivity index (χ1v) is 6.67. The summed E-state index contributed by atoms with van der Waals surface area (Å²) in [7, 11) is 0. The fourth-order valence-corrected chi connectivity index (χ4v) is 2.33. The zero-order chi connectivity index (χ0) is 14.8. The highest BCUT2D eigenvalue weighted by Gasteiger charge is 2.15. The minimum Gasteiger partial charge on any atom is -0.457 e. The van der Waals surface area contributed by atoms with Crippen LogP contribution in [0.1, 0.15) is 17.5 Å². The highest BCUT2D eigenvalue weighted by molar-refractivity contribution is 5.97. The number of hydrogen-bond donors (Lipinski definition) is 3. The molecule has 21 heavy (non-hydrogen) atoms. The number of rotatable bonds is 3. The normalized spacial score (nSPS) is 13.2. The molecule has 0 aromatic heterocycles. The molecule has 0 radical (unpaired) electrons. The van der Waals surface area contributed by atoms with Crippen molar-refractivity contribution in [3.8, 4) is 11.5 Å². The molecule has 1 heterocycles. The Morgan fingerprint density at radius 2 is 2.00 bits per heavy atom. The molecule has 0 fully saturated rings. The molecule has 0 spiro atoms. The van der Waals surface area contributed by atoms with Crippen LogP contribution in [-0.4, -0.2) is 11.7 Å². The fourth-order valence-electron chi connectivity index (χ4n) is 2.33. The van der Waals surface area contributed by atoms with Gasteiger partial charge < -0.3 is 15.8 Å². The number of hydrogen-bond acceptors (Lipinski definition) is 3. The number of para-hydroxylation sites is 1. The molecule has 0 atom stereocenters. The van der Waals surface area contributed by atoms with Gasteiger partial charge >= 0.3 is 0 Å². The highest BCUT2D eigenvalue weighted by Crippen LogP contribution is 2.30. The van der Waals surface area contributed by atoms with Crippen molar-refractivity contribution in [3.05, 3.63) is 53.6 Å². The molecular weight excluding hydrogens is 266 g/mol. The second kappa shape index (κ2) is 5.28. The van der Waals surface area contributed by atoms with Gasteiger partial charge in [-0.2, -0.15) is 0 Å². The molecule has 1 aliphatic rings. The third-order valence-electron chi connectivity index (χ3n) is 3.38. The van der Waals surface area contributed by atoms with Crippen LogP contribution in [0.2, 0.25) is 0 Å². The first kappa shape index (κ1) is 13.2. The van der Waals surface area contributed by atoms with E-state index in [1.165, 1.54) is 0 Å². The van der Waals surface area contributed by atoms with Crippen LogP contribution in [0.5, 0.6) is 11.5 Å². The van der Waals surface area contributed by atoms with Gasteiger partial charge in [-0.05, 0) is 42.3 Å². The highest BCUT2D eigenvalue weighted by atomic mass is 16.5. The minimum absolute atomic E-state index is 0.0316. The van der Waals surface area contributed by atoms with E-state index in [1.54, 1.807) is 18.2 Å². The Kier molecular flexibility index (Phi) is 3.31. The average molecular weight is 281 g/mol. The van der Waals surface area contributed by atoms with Gasteiger partial charge in [0.05, 0.1) is 5.56 Å². The quantitative estimate of drug-likeness (QED) is 0.597. The summed E-state index contributed by atoms with van der Waals surface area (Å²) in [5, 5.41) is 10.4. The number of anilines is 1. The van der Waals surface area contributed by atoms with Gasteiger partial charge in [0.1, 0.15) is 17.3 Å². The molecule has 2 aromatic rings. The van der Waals surface area contributed by atoms with Crippen LogP contribution >= 0.6 is 0 Å². The van der Waals surface area contributed by atoms with Gasteiger partial charge in [0, 0.05) is 12.1 Å². The molecule has 0 saturated heterocycles. The Morgan fingerprint density at radius 1 is 1.19 bits per heavy atom. The molecule has 1 amide bonds. The first-order chi connectivity index (χ1) is 10.1. The van der Waals surface area contributed by atoms with E-state index in [0.717, 1.165) is 11.3 Å². The van der Waals surface area contributed by atoms with Crippen LogP contribution in [0.4, 0.5) is 5.69 Å². The molecule has 1 aliphatic heterocycles. The molecule has 0 saturated carbocycles. The van der Waals surface area contributed by atoms with Crippen molar-refractivity contribution in [1.82, 2.24) is 0 Å². The number of nitrogens with one attached hydrogen (secondary N) is 2. The Hall–Kier alpha value is -2.82. The van der Waals surface area contributed by atoms with Crippen LogP contribution in [-0.2, 0) is 11.2 Å². The maximum atomic E-state index is 11.3. The number of ether oxygens (including phenoxy) is 1. The number of amidine groups is 1. The van der Waals surface area contributed by atoms with Crippen molar-refractivity contribution in [2.45, 2.75) is 12.8 Å². The topological polar surface area (TPSA) is 88.2 Å². The monoisotopic (exact) mass is 281 g/mol. The lowest BCUT2D eigenvalue weighted by molar-refractivity contribution is -0.116. The fraction of sp³-hybridized carbons (Fsp3) is 0.125. The van der Waals surface area contributed by atoms with E-state index in [9.17, 15) is 4.79 Å². The molecule has 106 valence electrons. The lowest BCUT2D eigenvalue weighted by Crippen LogP contribution is -2.18. The molecule has 3 rings (SSSR count). The van der Waals surface area contributed by atoms with Crippen LogP contribution in [0.3, 0.4) is 0 Å². The van der Waals surface area contributed by atoms with E-state index in [0.29, 0.717) is 29.9 Å². The Balaban J connectivity index is 1.89. The van der Waals surface area contributed by atoms with E-state index in [1.807, 2.05) is 24.3 Å². The molecule has 2 aromatic carbocycles. The van der Waals surface area contributed by atoms with Gasteiger partial charge in [-0.3, -0.25) is 10.2 Å². The van der Waals surface area contributed by atoms with Crippen molar-refractivity contribution >= 4 is 17.4 Å². The standard InChI is InChI=1S/C16H15N3O2/c17-16(18)12-3-1-2-4-14(12)21-11-6-7-13-10(9-11)5-8-15(20)19-13/h1-4,6-7,9H,5,8H2,(H3,17,18)(H,19,20). The van der Waals surface area contributed by atoms with Gasteiger partial charge in [-0.15, -0.1) is 0 Å². The summed E-state index contributed by atoms with van der Waals surface area (Å²) in [6.07, 6.45) is 1.19. The molecule has 0 aliphatic carbocycles. The van der Waals surface area contributed by atoms with Crippen LogP contribution in [0.15, 0.2) is 42.5 Å². The number of carbonyl (C=O) groups is 1. The predicted octanol–water partition coefficient (Wildman–Crippen LogP) is 2.65. The molecule has 5 heteroatoms. The van der Waals surface area contributed by atoms with Gasteiger partial charge in [-0.1, -0.05) is 12.1 Å². The van der Waals surface area contributed by atoms with E-state index < -0.39 is 0 Å².